The van der Waals surface area contributed by atoms with Gasteiger partial charge in [0.05, 0.1) is 13.2 Å². The molecule has 0 radical (unpaired) electrons. The number of rotatable bonds is 12. The van der Waals surface area contributed by atoms with Gasteiger partial charge in [-0.3, -0.25) is 0 Å². The molecule has 1 aliphatic carbocycles. The molecule has 0 saturated carbocycles. The fourth-order valence-electron chi connectivity index (χ4n) is 4.16. The van der Waals surface area contributed by atoms with Crippen molar-refractivity contribution in [2.75, 3.05) is 19.8 Å². The second kappa shape index (κ2) is 13.4. The quantitative estimate of drug-likeness (QED) is 0.325. The Hall–Kier alpha value is -2.94. The minimum atomic E-state index is 0.513. The van der Waals surface area contributed by atoms with Crippen molar-refractivity contribution in [3.8, 4) is 11.5 Å². The van der Waals surface area contributed by atoms with Gasteiger partial charge in [-0.1, -0.05) is 84.9 Å². The van der Waals surface area contributed by atoms with Crippen LogP contribution in [0, 0.1) is 17.8 Å². The van der Waals surface area contributed by atoms with Gasteiger partial charge in [0, 0.05) is 18.7 Å². The molecule has 1 aliphatic rings. The molecule has 0 unspecified atom stereocenters. The fraction of sp³-hybridized carbons (Fsp3) is 0.455. The summed E-state index contributed by atoms with van der Waals surface area (Å²) in [6.45, 7) is 17.9. The van der Waals surface area contributed by atoms with Gasteiger partial charge in [-0.15, -0.1) is 0 Å². The minimum absolute atomic E-state index is 0.513. The van der Waals surface area contributed by atoms with Crippen molar-refractivity contribution in [2.45, 2.75) is 61.3 Å². The molecule has 0 heterocycles. The van der Waals surface area contributed by atoms with E-state index in [0.717, 1.165) is 44.1 Å². The van der Waals surface area contributed by atoms with E-state index in [0.29, 0.717) is 17.8 Å². The molecule has 0 saturated heterocycles. The predicted molar refractivity (Wildman–Crippen MR) is 154 cm³/mol. The van der Waals surface area contributed by atoms with Gasteiger partial charge in [-0.2, -0.15) is 0 Å². The topological polar surface area (TPSA) is 30.5 Å². The van der Waals surface area contributed by atoms with Crippen molar-refractivity contribution < 1.29 is 9.47 Å². The first-order chi connectivity index (χ1) is 17.3. The highest BCUT2D eigenvalue weighted by Crippen LogP contribution is 2.38. The molecule has 3 nitrogen and oxygen atoms in total. The molecule has 0 amide bonds. The van der Waals surface area contributed by atoms with Crippen LogP contribution in [0.25, 0.3) is 11.1 Å². The monoisotopic (exact) mass is 487 g/mol. The number of hydrogen-bond acceptors (Lipinski definition) is 3. The van der Waals surface area contributed by atoms with Crippen molar-refractivity contribution in [3.63, 3.8) is 0 Å². The molecular formula is C33H45NO2. The lowest BCUT2D eigenvalue weighted by atomic mass is 9.84. The molecule has 2 aromatic rings. The molecule has 0 aliphatic heterocycles. The van der Waals surface area contributed by atoms with Gasteiger partial charge < -0.3 is 14.8 Å². The third-order valence-corrected chi connectivity index (χ3v) is 6.14. The summed E-state index contributed by atoms with van der Waals surface area (Å²) in [6, 6.07) is 17.1. The minimum Gasteiger partial charge on any atom is -0.493 e. The number of nitrogens with one attached hydrogen (secondary N) is 1. The van der Waals surface area contributed by atoms with Crippen LogP contribution in [0.2, 0.25) is 0 Å². The molecule has 0 fully saturated rings. The van der Waals surface area contributed by atoms with E-state index in [-0.39, 0.29) is 0 Å². The van der Waals surface area contributed by atoms with Crippen LogP contribution in [-0.2, 0) is 0 Å². The number of benzene rings is 2. The van der Waals surface area contributed by atoms with Crippen molar-refractivity contribution in [2.24, 2.45) is 17.8 Å². The molecule has 0 spiro atoms. The zero-order valence-corrected chi connectivity index (χ0v) is 23.4. The molecular weight excluding hydrogens is 442 g/mol. The van der Waals surface area contributed by atoms with E-state index >= 15 is 0 Å². The van der Waals surface area contributed by atoms with Crippen LogP contribution < -0.4 is 14.8 Å². The summed E-state index contributed by atoms with van der Waals surface area (Å²) >= 11 is 0. The van der Waals surface area contributed by atoms with E-state index in [1.807, 2.05) is 0 Å². The van der Waals surface area contributed by atoms with E-state index in [9.17, 15) is 0 Å². The second-order valence-electron chi connectivity index (χ2n) is 11.0. The molecule has 0 atom stereocenters. The maximum Gasteiger partial charge on any atom is 0.119 e. The van der Waals surface area contributed by atoms with Gasteiger partial charge in [-0.05, 0) is 76.3 Å². The summed E-state index contributed by atoms with van der Waals surface area (Å²) in [4.78, 5) is 0. The molecule has 0 aromatic heterocycles. The molecule has 36 heavy (non-hydrogen) atoms. The first kappa shape index (κ1) is 27.6. The van der Waals surface area contributed by atoms with Crippen molar-refractivity contribution in [3.05, 3.63) is 83.1 Å². The van der Waals surface area contributed by atoms with Gasteiger partial charge in [-0.25, -0.2) is 0 Å². The second-order valence-corrected chi connectivity index (χ2v) is 11.0. The van der Waals surface area contributed by atoms with Crippen LogP contribution in [-0.4, -0.2) is 19.8 Å². The SMILES string of the molecule is CC/C(NCC(C)C)=C1/CC(c2ccc(OCC(C)C)cc2)=CC=C1c1ccc(OCC(C)C)cc1. The lowest BCUT2D eigenvalue weighted by molar-refractivity contribution is 0.271. The number of allylic oxidation sites excluding steroid dienone is 6. The van der Waals surface area contributed by atoms with Crippen LogP contribution in [0.1, 0.15) is 72.4 Å². The number of ether oxygens (including phenoxy) is 2. The maximum absolute atomic E-state index is 5.92. The van der Waals surface area contributed by atoms with Gasteiger partial charge in [0.1, 0.15) is 11.5 Å². The van der Waals surface area contributed by atoms with E-state index in [1.165, 1.54) is 33.5 Å². The van der Waals surface area contributed by atoms with Crippen LogP contribution >= 0.6 is 0 Å². The Balaban J connectivity index is 1.92. The molecule has 194 valence electrons. The Bertz CT molecular complexity index is 1050. The average molecular weight is 488 g/mol. The lowest BCUT2D eigenvalue weighted by Gasteiger charge is -2.24. The molecule has 0 bridgehead atoms. The first-order valence-electron chi connectivity index (χ1n) is 13.6. The molecule has 3 rings (SSSR count). The zero-order valence-electron chi connectivity index (χ0n) is 23.4. The predicted octanol–water partition coefficient (Wildman–Crippen LogP) is 8.54. The van der Waals surface area contributed by atoms with Gasteiger partial charge in [0.15, 0.2) is 0 Å². The molecule has 1 N–H and O–H groups in total. The Kier molecular flexibility index (Phi) is 10.3. The Labute approximate surface area is 219 Å². The summed E-state index contributed by atoms with van der Waals surface area (Å²) in [5.74, 6) is 3.49. The van der Waals surface area contributed by atoms with E-state index < -0.39 is 0 Å². The third kappa shape index (κ3) is 8.05. The van der Waals surface area contributed by atoms with Gasteiger partial charge in [0.25, 0.3) is 0 Å². The van der Waals surface area contributed by atoms with E-state index in [1.54, 1.807) is 0 Å². The standard InChI is InChI=1S/C33H45NO2/c1-8-33(34-20-23(2)3)32-19-28(26-9-14-29(15-10-26)35-21-24(4)5)13-18-31(32)27-11-16-30(17-12-27)36-22-25(6)7/h9-18,23-25,34H,8,19-22H2,1-7H3/b33-32+. The van der Waals surface area contributed by atoms with Crippen LogP contribution in [0.4, 0.5) is 0 Å². The molecule has 2 aromatic carbocycles. The average Bonchev–Trinajstić information content (AvgIpc) is 2.87. The Morgan fingerprint density at radius 2 is 1.25 bits per heavy atom. The number of hydrogen-bond donors (Lipinski definition) is 1. The van der Waals surface area contributed by atoms with Crippen LogP contribution in [0.5, 0.6) is 11.5 Å². The highest BCUT2D eigenvalue weighted by Gasteiger charge is 2.19. The Morgan fingerprint density at radius 1 is 0.722 bits per heavy atom. The first-order valence-corrected chi connectivity index (χ1v) is 13.6. The summed E-state index contributed by atoms with van der Waals surface area (Å²) in [5, 5.41) is 3.76. The summed E-state index contributed by atoms with van der Waals surface area (Å²) in [5.41, 5.74) is 7.81. The van der Waals surface area contributed by atoms with Crippen LogP contribution in [0.3, 0.4) is 0 Å². The summed E-state index contributed by atoms with van der Waals surface area (Å²) in [6.07, 6.45) is 6.44. The van der Waals surface area contributed by atoms with Crippen molar-refractivity contribution in [1.29, 1.82) is 0 Å². The fourth-order valence-corrected chi connectivity index (χ4v) is 4.16. The normalized spacial score (nSPS) is 15.2. The molecule has 3 heteroatoms. The Morgan fingerprint density at radius 3 is 1.72 bits per heavy atom. The summed E-state index contributed by atoms with van der Waals surface area (Å²) in [7, 11) is 0. The van der Waals surface area contributed by atoms with Crippen LogP contribution in [0.15, 0.2) is 72.0 Å². The van der Waals surface area contributed by atoms with Crippen molar-refractivity contribution >= 4 is 11.1 Å². The van der Waals surface area contributed by atoms with E-state index in [4.69, 9.17) is 9.47 Å². The van der Waals surface area contributed by atoms with E-state index in [2.05, 4.69) is 114 Å². The lowest BCUT2D eigenvalue weighted by Crippen LogP contribution is -2.21. The van der Waals surface area contributed by atoms with Gasteiger partial charge >= 0.3 is 0 Å². The highest BCUT2D eigenvalue weighted by atomic mass is 16.5. The highest BCUT2D eigenvalue weighted by molar-refractivity contribution is 5.89. The van der Waals surface area contributed by atoms with Gasteiger partial charge in [0.2, 0.25) is 0 Å². The van der Waals surface area contributed by atoms with Crippen molar-refractivity contribution in [1.82, 2.24) is 5.32 Å². The smallest absolute Gasteiger partial charge is 0.119 e. The zero-order chi connectivity index (χ0) is 26.1. The largest absolute Gasteiger partial charge is 0.493 e. The maximum atomic E-state index is 5.92. The third-order valence-electron chi connectivity index (χ3n) is 6.14. The summed E-state index contributed by atoms with van der Waals surface area (Å²) < 4.78 is 11.8.